The third kappa shape index (κ3) is 3.08. The van der Waals surface area contributed by atoms with Crippen molar-refractivity contribution in [2.75, 3.05) is 0 Å². The lowest BCUT2D eigenvalue weighted by Gasteiger charge is -2.10. The van der Waals surface area contributed by atoms with Gasteiger partial charge in [-0.2, -0.15) is 4.72 Å². The van der Waals surface area contributed by atoms with Crippen molar-refractivity contribution in [2.24, 2.45) is 0 Å². The molecular formula is C10H17N3O4S. The van der Waals surface area contributed by atoms with Crippen molar-refractivity contribution >= 4 is 16.0 Å². The molecule has 0 fully saturated rings. The van der Waals surface area contributed by atoms with E-state index in [4.69, 9.17) is 5.11 Å². The zero-order valence-electron chi connectivity index (χ0n) is 10.5. The average Bonchev–Trinajstić information content (AvgIpc) is 2.68. The lowest BCUT2D eigenvalue weighted by Crippen LogP contribution is -2.40. The van der Waals surface area contributed by atoms with Crippen LogP contribution in [-0.2, 0) is 21.4 Å². The fourth-order valence-corrected chi connectivity index (χ4v) is 2.77. The van der Waals surface area contributed by atoms with Gasteiger partial charge < -0.3 is 9.67 Å². The Morgan fingerprint density at radius 3 is 2.56 bits per heavy atom. The maximum absolute atomic E-state index is 11.9. The first kappa shape index (κ1) is 14.7. The predicted octanol–water partition coefficient (Wildman–Crippen LogP) is 0.353. The fraction of sp³-hybridized carbons (Fsp3) is 0.600. The van der Waals surface area contributed by atoms with E-state index in [1.54, 1.807) is 18.4 Å². The number of aryl methyl sites for hydroxylation is 2. The minimum absolute atomic E-state index is 0.151. The normalized spacial score (nSPS) is 13.5. The van der Waals surface area contributed by atoms with Gasteiger partial charge in [0.2, 0.25) is 0 Å². The molecule has 102 valence electrons. The van der Waals surface area contributed by atoms with Gasteiger partial charge in [-0.1, -0.05) is 6.92 Å². The summed E-state index contributed by atoms with van der Waals surface area (Å²) < 4.78 is 27.7. The number of sulfonamides is 1. The molecule has 0 spiro atoms. The Balaban J connectivity index is 3.02. The number of carboxylic acid groups (broad SMARTS) is 1. The van der Waals surface area contributed by atoms with E-state index < -0.39 is 22.0 Å². The zero-order valence-corrected chi connectivity index (χ0v) is 11.4. The SMILES string of the molecule is CC[C@H](NS(=O)(=O)c1cn(CC)c(C)n1)C(=O)O. The van der Waals surface area contributed by atoms with Crippen molar-refractivity contribution in [1.82, 2.24) is 14.3 Å². The predicted molar refractivity (Wildman–Crippen MR) is 64.7 cm³/mol. The van der Waals surface area contributed by atoms with Gasteiger partial charge >= 0.3 is 5.97 Å². The average molecular weight is 275 g/mol. The van der Waals surface area contributed by atoms with E-state index in [0.717, 1.165) is 0 Å². The Morgan fingerprint density at radius 1 is 1.56 bits per heavy atom. The molecule has 7 nitrogen and oxygen atoms in total. The van der Waals surface area contributed by atoms with Crippen LogP contribution in [0.4, 0.5) is 0 Å². The molecule has 0 saturated carbocycles. The summed E-state index contributed by atoms with van der Waals surface area (Å²) in [5, 5.41) is 8.69. The number of carbonyl (C=O) groups is 1. The van der Waals surface area contributed by atoms with Crippen LogP contribution in [0.25, 0.3) is 0 Å². The lowest BCUT2D eigenvalue weighted by molar-refractivity contribution is -0.139. The summed E-state index contributed by atoms with van der Waals surface area (Å²) in [6.07, 6.45) is 1.56. The summed E-state index contributed by atoms with van der Waals surface area (Å²) in [5.74, 6) is -0.631. The highest BCUT2D eigenvalue weighted by Crippen LogP contribution is 2.10. The minimum atomic E-state index is -3.89. The molecule has 1 aromatic rings. The number of hydrogen-bond donors (Lipinski definition) is 2. The van der Waals surface area contributed by atoms with Crippen molar-refractivity contribution in [3.05, 3.63) is 12.0 Å². The molecule has 0 aliphatic carbocycles. The third-order valence-corrected chi connectivity index (χ3v) is 3.92. The van der Waals surface area contributed by atoms with Gasteiger partial charge in [0, 0.05) is 12.7 Å². The van der Waals surface area contributed by atoms with Crippen LogP contribution >= 0.6 is 0 Å². The van der Waals surface area contributed by atoms with Crippen LogP contribution < -0.4 is 4.72 Å². The highest BCUT2D eigenvalue weighted by molar-refractivity contribution is 7.89. The van der Waals surface area contributed by atoms with E-state index in [9.17, 15) is 13.2 Å². The standard InChI is InChI=1S/C10H17N3O4S/c1-4-8(10(14)15)12-18(16,17)9-6-13(5-2)7(3)11-9/h6,8,12H,4-5H2,1-3H3,(H,14,15)/t8-/m0/s1. The van der Waals surface area contributed by atoms with Crippen LogP contribution in [0.3, 0.4) is 0 Å². The molecule has 1 aromatic heterocycles. The Labute approximate surface area is 106 Å². The van der Waals surface area contributed by atoms with Crippen LogP contribution in [0, 0.1) is 6.92 Å². The largest absolute Gasteiger partial charge is 0.480 e. The number of imidazole rings is 1. The maximum Gasteiger partial charge on any atom is 0.321 e. The zero-order chi connectivity index (χ0) is 13.9. The fourth-order valence-electron chi connectivity index (χ4n) is 1.48. The van der Waals surface area contributed by atoms with E-state index in [1.807, 2.05) is 6.92 Å². The van der Waals surface area contributed by atoms with Crippen LogP contribution in [0.2, 0.25) is 0 Å². The molecule has 0 aliphatic rings. The smallest absolute Gasteiger partial charge is 0.321 e. The minimum Gasteiger partial charge on any atom is -0.480 e. The summed E-state index contributed by atoms with van der Waals surface area (Å²) >= 11 is 0. The summed E-state index contributed by atoms with van der Waals surface area (Å²) in [4.78, 5) is 14.7. The summed E-state index contributed by atoms with van der Waals surface area (Å²) in [7, 11) is -3.89. The molecule has 1 heterocycles. The Morgan fingerprint density at radius 2 is 2.17 bits per heavy atom. The number of nitrogens with one attached hydrogen (secondary N) is 1. The van der Waals surface area contributed by atoms with Gasteiger partial charge in [-0.25, -0.2) is 13.4 Å². The Hall–Kier alpha value is -1.41. The monoisotopic (exact) mass is 275 g/mol. The number of hydrogen-bond acceptors (Lipinski definition) is 4. The van der Waals surface area contributed by atoms with Crippen molar-refractivity contribution < 1.29 is 18.3 Å². The second-order valence-electron chi connectivity index (χ2n) is 3.83. The van der Waals surface area contributed by atoms with E-state index >= 15 is 0 Å². The molecule has 8 heteroatoms. The summed E-state index contributed by atoms with van der Waals surface area (Å²) in [5.41, 5.74) is 0. The molecule has 0 aliphatic heterocycles. The number of aliphatic carboxylic acids is 1. The molecule has 0 saturated heterocycles. The molecular weight excluding hydrogens is 258 g/mol. The van der Waals surface area contributed by atoms with Gasteiger partial charge in [0.05, 0.1) is 0 Å². The van der Waals surface area contributed by atoms with Crippen LogP contribution in [-0.4, -0.2) is 35.1 Å². The summed E-state index contributed by atoms with van der Waals surface area (Å²) in [6.45, 7) is 5.75. The number of nitrogens with zero attached hydrogens (tertiary/aromatic N) is 2. The first-order chi connectivity index (χ1) is 8.31. The van der Waals surface area contributed by atoms with E-state index in [1.165, 1.54) is 6.20 Å². The second kappa shape index (κ2) is 5.49. The maximum atomic E-state index is 11.9. The number of rotatable bonds is 6. The Bertz CT molecular complexity index is 535. The molecule has 0 radical (unpaired) electrons. The van der Waals surface area contributed by atoms with Gasteiger partial charge in [0.25, 0.3) is 10.0 Å². The van der Waals surface area contributed by atoms with Gasteiger partial charge in [-0.05, 0) is 20.3 Å². The number of aromatic nitrogens is 2. The van der Waals surface area contributed by atoms with Gasteiger partial charge in [-0.15, -0.1) is 0 Å². The molecule has 18 heavy (non-hydrogen) atoms. The van der Waals surface area contributed by atoms with Gasteiger partial charge in [0.15, 0.2) is 5.03 Å². The molecule has 1 rings (SSSR count). The number of carboxylic acids is 1. The quantitative estimate of drug-likeness (QED) is 0.780. The summed E-state index contributed by atoms with van der Waals surface area (Å²) in [6, 6.07) is -1.14. The highest BCUT2D eigenvalue weighted by Gasteiger charge is 2.26. The first-order valence-corrected chi connectivity index (χ1v) is 7.09. The second-order valence-corrected chi connectivity index (χ2v) is 5.49. The van der Waals surface area contributed by atoms with Crippen molar-refractivity contribution in [1.29, 1.82) is 0 Å². The molecule has 0 aromatic carbocycles. The van der Waals surface area contributed by atoms with Crippen LogP contribution in [0.15, 0.2) is 11.2 Å². The molecule has 2 N–H and O–H groups in total. The Kier molecular flexibility index (Phi) is 4.47. The van der Waals surface area contributed by atoms with Crippen LogP contribution in [0.5, 0.6) is 0 Å². The highest BCUT2D eigenvalue weighted by atomic mass is 32.2. The van der Waals surface area contributed by atoms with Crippen molar-refractivity contribution in [2.45, 2.75) is 44.8 Å². The van der Waals surface area contributed by atoms with Crippen LogP contribution in [0.1, 0.15) is 26.1 Å². The molecule has 1 atom stereocenters. The lowest BCUT2D eigenvalue weighted by atomic mass is 10.2. The van der Waals surface area contributed by atoms with E-state index in [2.05, 4.69) is 9.71 Å². The molecule has 0 bridgehead atoms. The van der Waals surface area contributed by atoms with Gasteiger partial charge in [0.1, 0.15) is 11.9 Å². The third-order valence-electron chi connectivity index (χ3n) is 2.57. The van der Waals surface area contributed by atoms with E-state index in [0.29, 0.717) is 12.4 Å². The van der Waals surface area contributed by atoms with E-state index in [-0.39, 0.29) is 11.4 Å². The molecule has 0 amide bonds. The first-order valence-electron chi connectivity index (χ1n) is 5.60. The molecule has 0 unspecified atom stereocenters. The topological polar surface area (TPSA) is 101 Å². The van der Waals surface area contributed by atoms with Crippen molar-refractivity contribution in [3.63, 3.8) is 0 Å². The van der Waals surface area contributed by atoms with Gasteiger partial charge in [-0.3, -0.25) is 4.79 Å². The van der Waals surface area contributed by atoms with Crippen molar-refractivity contribution in [3.8, 4) is 0 Å².